The molecule has 88 valence electrons. The van der Waals surface area contributed by atoms with Crippen LogP contribution in [-0.2, 0) is 0 Å². The Morgan fingerprint density at radius 1 is 1.38 bits per heavy atom. The van der Waals surface area contributed by atoms with Crippen molar-refractivity contribution in [3.63, 3.8) is 0 Å². The SMILES string of the molecule is COc1c(O)ccc(C)c1C1CCCCN1. The standard InChI is InChI=1S/C13H19NO2/c1-9-6-7-11(15)13(16-2)12(9)10-5-3-4-8-14-10/h6-7,10,14-15H,3-5,8H2,1-2H3. The first kappa shape index (κ1) is 11.3. The molecule has 0 saturated carbocycles. The minimum Gasteiger partial charge on any atom is -0.504 e. The molecule has 0 radical (unpaired) electrons. The van der Waals surface area contributed by atoms with Crippen molar-refractivity contribution < 1.29 is 9.84 Å². The van der Waals surface area contributed by atoms with Crippen molar-refractivity contribution in [2.45, 2.75) is 32.2 Å². The average Bonchev–Trinajstić information content (AvgIpc) is 2.33. The number of hydrogen-bond acceptors (Lipinski definition) is 3. The van der Waals surface area contributed by atoms with Gasteiger partial charge in [0.1, 0.15) is 0 Å². The van der Waals surface area contributed by atoms with Crippen LogP contribution in [0.15, 0.2) is 12.1 Å². The Kier molecular flexibility index (Phi) is 3.34. The number of ether oxygens (including phenoxy) is 1. The normalized spacial score (nSPS) is 20.8. The lowest BCUT2D eigenvalue weighted by Gasteiger charge is -2.27. The van der Waals surface area contributed by atoms with Gasteiger partial charge in [-0.05, 0) is 37.9 Å². The van der Waals surface area contributed by atoms with E-state index in [2.05, 4.69) is 12.2 Å². The van der Waals surface area contributed by atoms with E-state index in [1.54, 1.807) is 13.2 Å². The van der Waals surface area contributed by atoms with Gasteiger partial charge < -0.3 is 15.2 Å². The second-order valence-electron chi connectivity index (χ2n) is 4.35. The maximum absolute atomic E-state index is 9.79. The van der Waals surface area contributed by atoms with Crippen molar-refractivity contribution in [3.05, 3.63) is 23.3 Å². The fourth-order valence-corrected chi connectivity index (χ4v) is 2.43. The van der Waals surface area contributed by atoms with Crippen molar-refractivity contribution in [2.75, 3.05) is 13.7 Å². The van der Waals surface area contributed by atoms with Crippen LogP contribution in [0.25, 0.3) is 0 Å². The van der Waals surface area contributed by atoms with Gasteiger partial charge in [-0.3, -0.25) is 0 Å². The predicted molar refractivity (Wildman–Crippen MR) is 64.0 cm³/mol. The molecule has 1 heterocycles. The molecule has 2 rings (SSSR count). The van der Waals surface area contributed by atoms with Crippen LogP contribution >= 0.6 is 0 Å². The molecule has 0 amide bonds. The number of phenols is 1. The molecule has 1 saturated heterocycles. The van der Waals surface area contributed by atoms with Crippen molar-refractivity contribution in [2.24, 2.45) is 0 Å². The molecule has 1 fully saturated rings. The molecule has 1 atom stereocenters. The number of methoxy groups -OCH3 is 1. The molecule has 3 heteroatoms. The van der Waals surface area contributed by atoms with Crippen LogP contribution in [0, 0.1) is 6.92 Å². The van der Waals surface area contributed by atoms with Crippen LogP contribution in [0.3, 0.4) is 0 Å². The number of benzene rings is 1. The Balaban J connectivity index is 2.40. The molecule has 1 aromatic carbocycles. The van der Waals surface area contributed by atoms with E-state index in [1.165, 1.54) is 18.4 Å². The van der Waals surface area contributed by atoms with Gasteiger partial charge >= 0.3 is 0 Å². The van der Waals surface area contributed by atoms with Crippen LogP contribution in [0.4, 0.5) is 0 Å². The van der Waals surface area contributed by atoms with Gasteiger partial charge in [0.2, 0.25) is 0 Å². The van der Waals surface area contributed by atoms with E-state index >= 15 is 0 Å². The second kappa shape index (κ2) is 4.74. The summed E-state index contributed by atoms with van der Waals surface area (Å²) in [5.41, 5.74) is 2.29. The summed E-state index contributed by atoms with van der Waals surface area (Å²) in [5.74, 6) is 0.856. The Labute approximate surface area is 96.4 Å². The molecule has 1 unspecified atom stereocenters. The third kappa shape index (κ3) is 2.00. The molecule has 2 N–H and O–H groups in total. The highest BCUT2D eigenvalue weighted by molar-refractivity contribution is 5.51. The molecule has 1 aromatic rings. The number of aromatic hydroxyl groups is 1. The second-order valence-corrected chi connectivity index (χ2v) is 4.35. The fourth-order valence-electron chi connectivity index (χ4n) is 2.43. The van der Waals surface area contributed by atoms with Crippen LogP contribution in [0.5, 0.6) is 11.5 Å². The highest BCUT2D eigenvalue weighted by Crippen LogP contribution is 2.38. The van der Waals surface area contributed by atoms with Gasteiger partial charge in [0.25, 0.3) is 0 Å². The highest BCUT2D eigenvalue weighted by atomic mass is 16.5. The first-order valence-corrected chi connectivity index (χ1v) is 5.84. The molecule has 0 spiro atoms. The first-order valence-electron chi connectivity index (χ1n) is 5.84. The molecular weight excluding hydrogens is 202 g/mol. The largest absolute Gasteiger partial charge is 0.504 e. The third-order valence-electron chi connectivity index (χ3n) is 3.26. The summed E-state index contributed by atoms with van der Waals surface area (Å²) in [6.45, 7) is 3.11. The van der Waals surface area contributed by atoms with Crippen LogP contribution in [0.1, 0.15) is 36.4 Å². The zero-order valence-corrected chi connectivity index (χ0v) is 9.92. The third-order valence-corrected chi connectivity index (χ3v) is 3.26. The number of nitrogens with one attached hydrogen (secondary N) is 1. The maximum atomic E-state index is 9.79. The smallest absolute Gasteiger partial charge is 0.165 e. The molecule has 0 aliphatic carbocycles. The Hall–Kier alpha value is -1.22. The summed E-state index contributed by atoms with van der Waals surface area (Å²) in [6.07, 6.45) is 3.58. The zero-order chi connectivity index (χ0) is 11.5. The molecule has 0 aromatic heterocycles. The fraction of sp³-hybridized carbons (Fsp3) is 0.538. The van der Waals surface area contributed by atoms with E-state index in [-0.39, 0.29) is 5.75 Å². The van der Waals surface area contributed by atoms with Gasteiger partial charge in [0.15, 0.2) is 11.5 Å². The van der Waals surface area contributed by atoms with Gasteiger partial charge in [-0.15, -0.1) is 0 Å². The molecule has 1 aliphatic rings. The summed E-state index contributed by atoms with van der Waals surface area (Å²) in [4.78, 5) is 0. The number of rotatable bonds is 2. The van der Waals surface area contributed by atoms with Crippen LogP contribution in [-0.4, -0.2) is 18.8 Å². The molecule has 0 bridgehead atoms. The number of phenolic OH excluding ortho intramolecular Hbond substituents is 1. The van der Waals surface area contributed by atoms with Crippen molar-refractivity contribution in [1.82, 2.24) is 5.32 Å². The first-order chi connectivity index (χ1) is 7.74. The van der Waals surface area contributed by atoms with E-state index in [9.17, 15) is 5.11 Å². The monoisotopic (exact) mass is 221 g/mol. The molecule has 3 nitrogen and oxygen atoms in total. The lowest BCUT2D eigenvalue weighted by molar-refractivity contribution is 0.348. The maximum Gasteiger partial charge on any atom is 0.165 e. The lowest BCUT2D eigenvalue weighted by Crippen LogP contribution is -2.27. The van der Waals surface area contributed by atoms with E-state index in [0.717, 1.165) is 18.5 Å². The van der Waals surface area contributed by atoms with Gasteiger partial charge in [-0.2, -0.15) is 0 Å². The average molecular weight is 221 g/mol. The predicted octanol–water partition coefficient (Wildman–Crippen LogP) is 2.52. The van der Waals surface area contributed by atoms with E-state index < -0.39 is 0 Å². The highest BCUT2D eigenvalue weighted by Gasteiger charge is 2.22. The Morgan fingerprint density at radius 3 is 2.81 bits per heavy atom. The van der Waals surface area contributed by atoms with Gasteiger partial charge in [0, 0.05) is 11.6 Å². The number of aryl methyl sites for hydroxylation is 1. The van der Waals surface area contributed by atoms with Crippen molar-refractivity contribution in [3.8, 4) is 11.5 Å². The number of piperidine rings is 1. The lowest BCUT2D eigenvalue weighted by atomic mass is 9.93. The molecule has 16 heavy (non-hydrogen) atoms. The summed E-state index contributed by atoms with van der Waals surface area (Å²) < 4.78 is 5.32. The minimum absolute atomic E-state index is 0.232. The summed E-state index contributed by atoms with van der Waals surface area (Å²) in [5, 5.41) is 13.3. The zero-order valence-electron chi connectivity index (χ0n) is 9.92. The van der Waals surface area contributed by atoms with E-state index in [0.29, 0.717) is 11.8 Å². The van der Waals surface area contributed by atoms with E-state index in [1.807, 2.05) is 6.07 Å². The van der Waals surface area contributed by atoms with Crippen molar-refractivity contribution >= 4 is 0 Å². The number of hydrogen-bond donors (Lipinski definition) is 2. The van der Waals surface area contributed by atoms with Gasteiger partial charge in [-0.1, -0.05) is 12.5 Å². The topological polar surface area (TPSA) is 41.5 Å². The molecule has 1 aliphatic heterocycles. The van der Waals surface area contributed by atoms with Gasteiger partial charge in [0.05, 0.1) is 7.11 Å². The Bertz CT molecular complexity index is 370. The summed E-state index contributed by atoms with van der Waals surface area (Å²) >= 11 is 0. The van der Waals surface area contributed by atoms with Gasteiger partial charge in [-0.25, -0.2) is 0 Å². The summed E-state index contributed by atoms with van der Waals surface area (Å²) in [7, 11) is 1.61. The Morgan fingerprint density at radius 2 is 2.19 bits per heavy atom. The molecular formula is C13H19NO2. The van der Waals surface area contributed by atoms with Crippen LogP contribution in [0.2, 0.25) is 0 Å². The van der Waals surface area contributed by atoms with Crippen molar-refractivity contribution in [1.29, 1.82) is 0 Å². The van der Waals surface area contributed by atoms with Crippen LogP contribution < -0.4 is 10.1 Å². The van der Waals surface area contributed by atoms with E-state index in [4.69, 9.17) is 4.74 Å². The minimum atomic E-state index is 0.232. The quantitative estimate of drug-likeness (QED) is 0.806. The summed E-state index contributed by atoms with van der Waals surface area (Å²) in [6, 6.07) is 3.96.